The maximum absolute atomic E-state index is 12.4. The van der Waals surface area contributed by atoms with Crippen molar-refractivity contribution in [1.82, 2.24) is 9.62 Å². The molecule has 9 heteroatoms. The molecule has 0 aromatic heterocycles. The number of hydrogen-bond acceptors (Lipinski definition) is 6. The summed E-state index contributed by atoms with van der Waals surface area (Å²) >= 11 is 0. The highest BCUT2D eigenvalue weighted by Gasteiger charge is 2.27. The topological polar surface area (TPSA) is 105 Å². The number of likely N-dealkylation sites (tertiary alicyclic amines) is 1. The zero-order valence-corrected chi connectivity index (χ0v) is 16.6. The van der Waals surface area contributed by atoms with E-state index in [1.54, 1.807) is 20.8 Å². The van der Waals surface area contributed by atoms with Gasteiger partial charge in [0.05, 0.1) is 9.82 Å². The van der Waals surface area contributed by atoms with Crippen molar-refractivity contribution in [3.05, 3.63) is 28.3 Å². The number of nitrogens with zero attached hydrogens (tertiary/aromatic N) is 2. The average molecular weight is 385 g/mol. The first-order chi connectivity index (χ1) is 12.0. The molecule has 2 N–H and O–H groups in total. The monoisotopic (exact) mass is 384 g/mol. The summed E-state index contributed by atoms with van der Waals surface area (Å²) in [7, 11) is -3.82. The second-order valence-corrected chi connectivity index (χ2v) is 9.33. The summed E-state index contributed by atoms with van der Waals surface area (Å²) in [6.45, 7) is 10.2. The van der Waals surface area contributed by atoms with Gasteiger partial charge in [0.1, 0.15) is 5.69 Å². The Labute approximate surface area is 155 Å². The normalized spacial score (nSPS) is 17.2. The number of sulfonamides is 1. The molecule has 2 rings (SSSR count). The van der Waals surface area contributed by atoms with Crippen molar-refractivity contribution in [2.75, 3.05) is 25.0 Å². The number of anilines is 1. The van der Waals surface area contributed by atoms with Gasteiger partial charge in [-0.1, -0.05) is 6.92 Å². The third kappa shape index (κ3) is 5.39. The third-order valence-electron chi connectivity index (χ3n) is 4.31. The molecule has 0 amide bonds. The van der Waals surface area contributed by atoms with E-state index in [9.17, 15) is 18.5 Å². The van der Waals surface area contributed by atoms with Crippen molar-refractivity contribution in [3.8, 4) is 0 Å². The van der Waals surface area contributed by atoms with E-state index in [1.165, 1.54) is 12.1 Å². The number of hydrogen-bond donors (Lipinski definition) is 2. The molecule has 1 fully saturated rings. The molecule has 0 saturated carbocycles. The fourth-order valence-electron chi connectivity index (χ4n) is 3.03. The summed E-state index contributed by atoms with van der Waals surface area (Å²) in [5.41, 5.74) is -0.531. The fourth-order valence-corrected chi connectivity index (χ4v) is 4.47. The zero-order valence-electron chi connectivity index (χ0n) is 15.8. The number of piperidine rings is 1. The number of rotatable bonds is 6. The number of nitro groups is 1. The third-order valence-corrected chi connectivity index (χ3v) is 6.07. The van der Waals surface area contributed by atoms with Crippen LogP contribution in [0, 0.1) is 10.1 Å². The van der Waals surface area contributed by atoms with Crippen LogP contribution in [-0.4, -0.2) is 49.5 Å². The van der Waals surface area contributed by atoms with Gasteiger partial charge in [-0.15, -0.1) is 0 Å². The highest BCUT2D eigenvalue weighted by Crippen LogP contribution is 2.30. The first-order valence-electron chi connectivity index (χ1n) is 8.83. The molecule has 0 radical (unpaired) electrons. The van der Waals surface area contributed by atoms with Crippen LogP contribution in [0.25, 0.3) is 0 Å². The Balaban J connectivity index is 2.23. The van der Waals surface area contributed by atoms with Crippen molar-refractivity contribution in [3.63, 3.8) is 0 Å². The van der Waals surface area contributed by atoms with Crippen molar-refractivity contribution in [2.45, 2.75) is 57.0 Å². The highest BCUT2D eigenvalue weighted by molar-refractivity contribution is 7.89. The number of benzene rings is 1. The zero-order chi connectivity index (χ0) is 19.5. The van der Waals surface area contributed by atoms with Gasteiger partial charge in [-0.25, -0.2) is 13.1 Å². The first-order valence-corrected chi connectivity index (χ1v) is 10.3. The van der Waals surface area contributed by atoms with E-state index in [2.05, 4.69) is 21.9 Å². The van der Waals surface area contributed by atoms with Crippen LogP contribution in [0.4, 0.5) is 11.4 Å². The maximum atomic E-state index is 12.4. The van der Waals surface area contributed by atoms with E-state index in [0.717, 1.165) is 38.5 Å². The quantitative estimate of drug-likeness (QED) is 0.577. The van der Waals surface area contributed by atoms with Gasteiger partial charge in [-0.2, -0.15) is 0 Å². The van der Waals surface area contributed by atoms with Crippen molar-refractivity contribution < 1.29 is 13.3 Å². The summed E-state index contributed by atoms with van der Waals surface area (Å²) in [5.74, 6) is 0. The lowest BCUT2D eigenvalue weighted by molar-refractivity contribution is -0.384. The minimum absolute atomic E-state index is 0.106. The molecule has 1 aromatic rings. The average Bonchev–Trinajstić information content (AvgIpc) is 2.53. The SMILES string of the molecule is CCN1CCC(Nc2ccc(S(=O)(=O)NC(C)(C)C)cc2[N+](=O)[O-])CC1. The molecule has 1 heterocycles. The predicted molar refractivity (Wildman–Crippen MR) is 102 cm³/mol. The van der Waals surface area contributed by atoms with Gasteiger partial charge in [-0.3, -0.25) is 10.1 Å². The maximum Gasteiger partial charge on any atom is 0.293 e. The molecular weight excluding hydrogens is 356 g/mol. The molecule has 0 atom stereocenters. The molecule has 0 bridgehead atoms. The summed E-state index contributed by atoms with van der Waals surface area (Å²) in [4.78, 5) is 13.2. The van der Waals surface area contributed by atoms with Crippen LogP contribution in [0.1, 0.15) is 40.5 Å². The molecular formula is C17H28N4O4S. The lowest BCUT2D eigenvalue weighted by atomic mass is 10.0. The largest absolute Gasteiger partial charge is 0.377 e. The van der Waals surface area contributed by atoms with E-state index in [-0.39, 0.29) is 16.6 Å². The van der Waals surface area contributed by atoms with E-state index in [4.69, 9.17) is 0 Å². The molecule has 0 aliphatic carbocycles. The van der Waals surface area contributed by atoms with Gasteiger partial charge < -0.3 is 10.2 Å². The molecule has 1 aliphatic rings. The molecule has 0 unspecified atom stereocenters. The molecule has 1 saturated heterocycles. The molecule has 146 valence electrons. The summed E-state index contributed by atoms with van der Waals surface area (Å²) in [6, 6.07) is 4.16. The van der Waals surface area contributed by atoms with Crippen LogP contribution in [0.2, 0.25) is 0 Å². The van der Waals surface area contributed by atoms with Gasteiger partial charge in [-0.05, 0) is 52.3 Å². The lowest BCUT2D eigenvalue weighted by Crippen LogP contribution is -2.40. The Morgan fingerprint density at radius 1 is 1.27 bits per heavy atom. The fraction of sp³-hybridized carbons (Fsp3) is 0.647. The molecule has 0 spiro atoms. The summed E-state index contributed by atoms with van der Waals surface area (Å²) in [5, 5.41) is 14.7. The lowest BCUT2D eigenvalue weighted by Gasteiger charge is -2.31. The van der Waals surface area contributed by atoms with Crippen LogP contribution >= 0.6 is 0 Å². The minimum Gasteiger partial charge on any atom is -0.377 e. The Kier molecular flexibility index (Phi) is 6.25. The second-order valence-electron chi connectivity index (χ2n) is 7.64. The summed E-state index contributed by atoms with van der Waals surface area (Å²) < 4.78 is 27.4. The van der Waals surface area contributed by atoms with Crippen LogP contribution in [-0.2, 0) is 10.0 Å². The van der Waals surface area contributed by atoms with Gasteiger partial charge in [0.2, 0.25) is 10.0 Å². The van der Waals surface area contributed by atoms with Gasteiger partial charge in [0, 0.05) is 30.7 Å². The summed E-state index contributed by atoms with van der Waals surface area (Å²) in [6.07, 6.45) is 1.80. The Bertz CT molecular complexity index is 751. The van der Waals surface area contributed by atoms with Gasteiger partial charge in [0.25, 0.3) is 5.69 Å². The number of nitrogens with one attached hydrogen (secondary N) is 2. The first kappa shape index (κ1) is 20.6. The van der Waals surface area contributed by atoms with Gasteiger partial charge >= 0.3 is 0 Å². The molecule has 1 aromatic carbocycles. The van der Waals surface area contributed by atoms with Crippen LogP contribution in [0.3, 0.4) is 0 Å². The Morgan fingerprint density at radius 2 is 1.88 bits per heavy atom. The van der Waals surface area contributed by atoms with E-state index in [0.29, 0.717) is 5.69 Å². The smallest absolute Gasteiger partial charge is 0.293 e. The van der Waals surface area contributed by atoms with Crippen LogP contribution in [0.15, 0.2) is 23.1 Å². The van der Waals surface area contributed by atoms with Crippen molar-refractivity contribution >= 4 is 21.4 Å². The van der Waals surface area contributed by atoms with Gasteiger partial charge in [0.15, 0.2) is 0 Å². The molecule has 1 aliphatic heterocycles. The molecule has 8 nitrogen and oxygen atoms in total. The minimum atomic E-state index is -3.82. The highest BCUT2D eigenvalue weighted by atomic mass is 32.2. The Hall–Kier alpha value is -1.71. The van der Waals surface area contributed by atoms with Crippen LogP contribution < -0.4 is 10.0 Å². The van der Waals surface area contributed by atoms with E-state index >= 15 is 0 Å². The van der Waals surface area contributed by atoms with Crippen LogP contribution in [0.5, 0.6) is 0 Å². The predicted octanol–water partition coefficient (Wildman–Crippen LogP) is 2.57. The van der Waals surface area contributed by atoms with E-state index in [1.807, 2.05) is 0 Å². The second kappa shape index (κ2) is 7.89. The van der Waals surface area contributed by atoms with E-state index < -0.39 is 20.5 Å². The molecule has 26 heavy (non-hydrogen) atoms. The van der Waals surface area contributed by atoms with Crippen molar-refractivity contribution in [2.24, 2.45) is 0 Å². The Morgan fingerprint density at radius 3 is 2.38 bits per heavy atom. The van der Waals surface area contributed by atoms with Crippen molar-refractivity contribution in [1.29, 1.82) is 0 Å². The standard InChI is InChI=1S/C17H28N4O4S/c1-5-20-10-8-13(9-11-20)18-15-7-6-14(12-16(15)21(22)23)26(24,25)19-17(2,3)4/h6-7,12-13,18-19H,5,8-11H2,1-4H3. The number of nitro benzene ring substituents is 1.